The van der Waals surface area contributed by atoms with Gasteiger partial charge in [0.15, 0.2) is 0 Å². The molecule has 0 bridgehead atoms. The fraction of sp³-hybridized carbons (Fsp3) is 0.343. The zero-order valence-electron chi connectivity index (χ0n) is 25.5. The fourth-order valence-corrected chi connectivity index (χ4v) is 5.23. The molecule has 242 valence electrons. The number of aromatic nitrogens is 1. The van der Waals surface area contributed by atoms with Crippen LogP contribution in [-0.4, -0.2) is 44.3 Å². The minimum Gasteiger partial charge on any atom is -0.490 e. The average Bonchev–Trinajstić information content (AvgIpc) is 3.02. The topological polar surface area (TPSA) is 66.6 Å². The van der Waals surface area contributed by atoms with Gasteiger partial charge in [0.25, 0.3) is 0 Å². The molecule has 0 radical (unpaired) electrons. The second-order valence-electron chi connectivity index (χ2n) is 10.4. The fourth-order valence-electron chi connectivity index (χ4n) is 4.76. The van der Waals surface area contributed by atoms with E-state index in [1.54, 1.807) is 37.5 Å². The Labute approximate surface area is 273 Å². The van der Waals surface area contributed by atoms with E-state index >= 15 is 0 Å². The minimum atomic E-state index is -4.57. The highest BCUT2D eigenvalue weighted by atomic mass is 35.5. The van der Waals surface area contributed by atoms with Crippen molar-refractivity contribution in [3.05, 3.63) is 118 Å². The average molecular weight is 664 g/mol. The number of ether oxygens (including phenoxy) is 3. The maximum Gasteiger partial charge on any atom is 0.416 e. The molecule has 1 atom stereocenters. The molecule has 0 spiro atoms. The van der Waals surface area contributed by atoms with E-state index in [0.29, 0.717) is 47.4 Å². The van der Waals surface area contributed by atoms with Crippen molar-refractivity contribution in [1.29, 1.82) is 0 Å². The molecule has 0 saturated heterocycles. The molecule has 0 aliphatic rings. The Hall–Kier alpha value is -3.30. The molecule has 3 rings (SSSR count). The molecular weight excluding hydrogens is 624 g/mol. The maximum atomic E-state index is 14.4. The highest BCUT2D eigenvalue weighted by Gasteiger charge is 2.36. The summed E-state index contributed by atoms with van der Waals surface area (Å²) >= 11 is 11.9. The molecule has 3 aromatic rings. The van der Waals surface area contributed by atoms with E-state index in [9.17, 15) is 13.2 Å². The zero-order chi connectivity index (χ0) is 32.8. The number of alkyl halides is 4. The lowest BCUT2D eigenvalue weighted by Gasteiger charge is -2.22. The Kier molecular flexibility index (Phi) is 14.5. The van der Waals surface area contributed by atoms with E-state index in [2.05, 4.69) is 11.6 Å². The van der Waals surface area contributed by atoms with Crippen molar-refractivity contribution >= 4 is 23.2 Å². The van der Waals surface area contributed by atoms with Gasteiger partial charge in [-0.15, -0.1) is 11.6 Å². The quantitative estimate of drug-likeness (QED) is 0.0677. The molecular formula is C35H39Cl2F3N2O3. The van der Waals surface area contributed by atoms with Gasteiger partial charge >= 0.3 is 6.18 Å². The van der Waals surface area contributed by atoms with Crippen molar-refractivity contribution in [3.8, 4) is 17.0 Å². The van der Waals surface area contributed by atoms with Crippen molar-refractivity contribution < 1.29 is 27.4 Å². The molecule has 2 N–H and O–H groups in total. The van der Waals surface area contributed by atoms with Gasteiger partial charge in [0.1, 0.15) is 24.7 Å². The van der Waals surface area contributed by atoms with Crippen LogP contribution in [0.15, 0.2) is 95.9 Å². The van der Waals surface area contributed by atoms with Gasteiger partial charge in [-0.1, -0.05) is 66.2 Å². The van der Waals surface area contributed by atoms with E-state index in [4.69, 9.17) is 43.1 Å². The number of methoxy groups -OCH3 is 1. The van der Waals surface area contributed by atoms with Gasteiger partial charge in [0.2, 0.25) is 0 Å². The molecule has 45 heavy (non-hydrogen) atoms. The summed E-state index contributed by atoms with van der Waals surface area (Å²) in [7, 11) is 1.62. The molecule has 5 nitrogen and oxygen atoms in total. The van der Waals surface area contributed by atoms with Crippen molar-refractivity contribution in [3.63, 3.8) is 0 Å². The second kappa shape index (κ2) is 18.0. The van der Waals surface area contributed by atoms with Crippen LogP contribution in [0, 0.1) is 0 Å². The Morgan fingerprint density at radius 3 is 2.49 bits per heavy atom. The summed E-state index contributed by atoms with van der Waals surface area (Å²) in [4.78, 5) is 4.48. The Morgan fingerprint density at radius 2 is 1.82 bits per heavy atom. The Morgan fingerprint density at radius 1 is 1.09 bits per heavy atom. The van der Waals surface area contributed by atoms with Crippen LogP contribution in [0.4, 0.5) is 13.2 Å². The highest BCUT2D eigenvalue weighted by molar-refractivity contribution is 6.31. The van der Waals surface area contributed by atoms with E-state index in [1.165, 1.54) is 6.20 Å². The zero-order valence-corrected chi connectivity index (χ0v) is 27.0. The summed E-state index contributed by atoms with van der Waals surface area (Å²) in [5, 5.41) is 0.369. The normalized spacial score (nSPS) is 13.1. The standard InChI is InChI=1S/C35H39Cl2F3N2O3/c1-24(14-15-36)19-33(37)25(2)44-17-18-45-29-12-10-26(11-13-29)20-28(22-41)31-23-42-34(21-32(31)35(38,39)40)30-9-5-4-7-27(30)8-6-16-43-3/h4-5,7,9-14,19,21,23,28H,2,6,8,15-18,20,22,41H2,1,3H3/b24-14-,33-19+. The SMILES string of the molecule is C=C(OCCOc1ccc(CC(CN)c2cnc(-c3ccccc3CCCOC)cc2C(F)(F)F)cc1)/C(Cl)=C\C(C)=C/CCl. The van der Waals surface area contributed by atoms with E-state index in [-0.39, 0.29) is 31.0 Å². The summed E-state index contributed by atoms with van der Waals surface area (Å²) in [5.41, 5.74) is 8.96. The second-order valence-corrected chi connectivity index (χ2v) is 11.1. The number of rotatable bonds is 17. The van der Waals surface area contributed by atoms with Crippen molar-refractivity contribution in [2.24, 2.45) is 5.73 Å². The summed E-state index contributed by atoms with van der Waals surface area (Å²) in [6.07, 6.45) is 2.00. The van der Waals surface area contributed by atoms with Gasteiger partial charge in [-0.3, -0.25) is 4.98 Å². The summed E-state index contributed by atoms with van der Waals surface area (Å²) in [6.45, 7) is 6.73. The van der Waals surface area contributed by atoms with Gasteiger partial charge in [-0.05, 0) is 73.7 Å². The van der Waals surface area contributed by atoms with Gasteiger partial charge in [0, 0.05) is 37.3 Å². The third kappa shape index (κ3) is 11.2. The van der Waals surface area contributed by atoms with Gasteiger partial charge in [0.05, 0.1) is 16.3 Å². The highest BCUT2D eigenvalue weighted by Crippen LogP contribution is 2.38. The Bertz CT molecular complexity index is 1460. The first kappa shape index (κ1) is 36.2. The van der Waals surface area contributed by atoms with Crippen LogP contribution in [0.5, 0.6) is 5.75 Å². The van der Waals surface area contributed by atoms with Gasteiger partial charge < -0.3 is 19.9 Å². The lowest BCUT2D eigenvalue weighted by molar-refractivity contribution is -0.138. The number of allylic oxidation sites excluding steroid dienone is 4. The first-order chi connectivity index (χ1) is 21.6. The molecule has 0 amide bonds. The van der Waals surface area contributed by atoms with Crippen LogP contribution in [0.1, 0.15) is 41.5 Å². The monoisotopic (exact) mass is 662 g/mol. The van der Waals surface area contributed by atoms with Crippen molar-refractivity contribution in [2.75, 3.05) is 39.4 Å². The van der Waals surface area contributed by atoms with Crippen molar-refractivity contribution in [2.45, 2.75) is 38.3 Å². The van der Waals surface area contributed by atoms with E-state index < -0.39 is 17.7 Å². The van der Waals surface area contributed by atoms with Crippen LogP contribution in [0.3, 0.4) is 0 Å². The summed E-state index contributed by atoms with van der Waals surface area (Å²) < 4.78 is 59.5. The number of hydrogen-bond acceptors (Lipinski definition) is 5. The van der Waals surface area contributed by atoms with Crippen molar-refractivity contribution in [1.82, 2.24) is 4.98 Å². The molecule has 10 heteroatoms. The summed E-state index contributed by atoms with van der Waals surface area (Å²) in [5.74, 6) is 0.695. The van der Waals surface area contributed by atoms with Crippen LogP contribution in [0.2, 0.25) is 0 Å². The van der Waals surface area contributed by atoms with E-state index in [1.807, 2.05) is 37.3 Å². The number of nitrogens with zero attached hydrogens (tertiary/aromatic N) is 1. The number of nitrogens with two attached hydrogens (primary N) is 1. The first-order valence-corrected chi connectivity index (χ1v) is 15.5. The largest absolute Gasteiger partial charge is 0.490 e. The van der Waals surface area contributed by atoms with E-state index in [0.717, 1.165) is 29.2 Å². The lowest BCUT2D eigenvalue weighted by atomic mass is 9.88. The maximum absolute atomic E-state index is 14.4. The van der Waals surface area contributed by atoms with Crippen LogP contribution >= 0.6 is 23.2 Å². The number of halogens is 5. The minimum absolute atomic E-state index is 0.0232. The Balaban J connectivity index is 1.68. The summed E-state index contributed by atoms with van der Waals surface area (Å²) in [6, 6.07) is 15.7. The number of pyridine rings is 1. The first-order valence-electron chi connectivity index (χ1n) is 14.6. The predicted molar refractivity (Wildman–Crippen MR) is 176 cm³/mol. The third-order valence-electron chi connectivity index (χ3n) is 7.11. The molecule has 0 aliphatic carbocycles. The molecule has 2 aromatic carbocycles. The molecule has 1 aromatic heterocycles. The molecule has 1 unspecified atom stereocenters. The van der Waals surface area contributed by atoms with Gasteiger partial charge in [-0.25, -0.2) is 0 Å². The lowest BCUT2D eigenvalue weighted by Crippen LogP contribution is -2.20. The molecule has 0 aliphatic heterocycles. The molecule has 0 saturated carbocycles. The smallest absolute Gasteiger partial charge is 0.416 e. The van der Waals surface area contributed by atoms with Crippen LogP contribution in [0.25, 0.3) is 11.3 Å². The number of aryl methyl sites for hydroxylation is 1. The third-order valence-corrected chi connectivity index (χ3v) is 7.58. The van der Waals surface area contributed by atoms with Gasteiger partial charge in [-0.2, -0.15) is 13.2 Å². The molecule has 1 heterocycles. The van der Waals surface area contributed by atoms with Crippen LogP contribution in [-0.2, 0) is 28.5 Å². The predicted octanol–water partition coefficient (Wildman–Crippen LogP) is 8.85. The molecule has 0 fully saturated rings. The number of hydrogen-bond donors (Lipinski definition) is 1. The number of benzene rings is 2. The van der Waals surface area contributed by atoms with Crippen LogP contribution < -0.4 is 10.5 Å².